The molecule has 0 radical (unpaired) electrons. The average Bonchev–Trinajstić information content (AvgIpc) is 2.13. The Balaban J connectivity index is 0.00000196. The summed E-state index contributed by atoms with van der Waals surface area (Å²) in [5.41, 5.74) is 4.50. The summed E-state index contributed by atoms with van der Waals surface area (Å²) in [4.78, 5) is 0. The Bertz CT molecular complexity index is 366. The third-order valence-corrected chi connectivity index (χ3v) is 2.80. The van der Waals surface area contributed by atoms with E-state index < -0.39 is 11.4 Å². The predicted molar refractivity (Wildman–Crippen MR) is 61.2 cm³/mol. The molecule has 15 heavy (non-hydrogen) atoms. The second-order valence-electron chi connectivity index (χ2n) is 3.27. The first-order valence-electron chi connectivity index (χ1n) is 4.32. The Labute approximate surface area is 92.7 Å². The zero-order valence-electron chi connectivity index (χ0n) is 9.24. The van der Waals surface area contributed by atoms with Crippen molar-refractivity contribution >= 4 is 11.4 Å². The Morgan fingerprint density at radius 3 is 2.40 bits per heavy atom. The molecule has 0 aliphatic rings. The second-order valence-corrected chi connectivity index (χ2v) is 3.94. The summed E-state index contributed by atoms with van der Waals surface area (Å²) in [5, 5.41) is 0. The van der Waals surface area contributed by atoms with Gasteiger partial charge in [-0.2, -0.15) is 4.21 Å². The van der Waals surface area contributed by atoms with E-state index in [9.17, 15) is 4.21 Å². The number of rotatable bonds is 3. The smallest absolute Gasteiger partial charge is 0.302 e. The highest BCUT2D eigenvalue weighted by atomic mass is 32.2. The summed E-state index contributed by atoms with van der Waals surface area (Å²) in [6.45, 7) is 6.23. The molecule has 4 N–H and O–H groups in total. The van der Waals surface area contributed by atoms with Crippen molar-refractivity contribution in [2.24, 2.45) is 0 Å². The maximum Gasteiger partial charge on any atom is 0.302 e. The van der Waals surface area contributed by atoms with Gasteiger partial charge in [-0.25, -0.2) is 0 Å². The first kappa shape index (κ1) is 14.2. The molecule has 0 aliphatic heterocycles. The fourth-order valence-corrected chi connectivity index (χ4v) is 1.51. The molecular weight excluding hydrogens is 214 g/mol. The maximum absolute atomic E-state index is 10.3. The van der Waals surface area contributed by atoms with Gasteiger partial charge in [-0.05, 0) is 43.0 Å². The van der Waals surface area contributed by atoms with Crippen molar-refractivity contribution in [1.82, 2.24) is 6.15 Å². The molecule has 1 unspecified atom stereocenters. The molecule has 0 fully saturated rings. The lowest BCUT2D eigenvalue weighted by molar-refractivity contribution is 0.296. The van der Waals surface area contributed by atoms with Gasteiger partial charge in [-0.1, -0.05) is 12.1 Å². The second kappa shape index (κ2) is 5.97. The molecule has 4 nitrogen and oxygen atoms in total. The van der Waals surface area contributed by atoms with E-state index in [0.717, 1.165) is 11.1 Å². The van der Waals surface area contributed by atoms with Gasteiger partial charge in [-0.3, -0.25) is 8.74 Å². The van der Waals surface area contributed by atoms with Crippen molar-refractivity contribution in [2.45, 2.75) is 27.4 Å². The van der Waals surface area contributed by atoms with Crippen molar-refractivity contribution in [2.75, 3.05) is 0 Å². The van der Waals surface area contributed by atoms with E-state index in [1.807, 2.05) is 32.9 Å². The van der Waals surface area contributed by atoms with Crippen LogP contribution in [0, 0.1) is 20.8 Å². The highest BCUT2D eigenvalue weighted by molar-refractivity contribution is 7.74. The van der Waals surface area contributed by atoms with E-state index in [0.29, 0.717) is 0 Å². The quantitative estimate of drug-likeness (QED) is 0.783. The highest BCUT2D eigenvalue weighted by Crippen LogP contribution is 2.17. The molecule has 0 saturated heterocycles. The molecule has 0 aliphatic carbocycles. The Morgan fingerprint density at radius 1 is 1.27 bits per heavy atom. The zero-order valence-corrected chi connectivity index (χ0v) is 10.1. The van der Waals surface area contributed by atoms with Crippen LogP contribution in [-0.4, -0.2) is 8.76 Å². The lowest BCUT2D eigenvalue weighted by Gasteiger charge is -2.09. The van der Waals surface area contributed by atoms with Crippen LogP contribution in [0.25, 0.3) is 0 Å². The molecule has 0 bridgehead atoms. The fourth-order valence-electron chi connectivity index (χ4n) is 1.28. The molecular formula is C10H17NO3S. The van der Waals surface area contributed by atoms with Gasteiger partial charge in [-0.15, -0.1) is 0 Å². The largest absolute Gasteiger partial charge is 0.344 e. The Hall–Kier alpha value is -0.750. The number of hydrogen-bond donors (Lipinski definition) is 2. The topological polar surface area (TPSA) is 81.5 Å². The summed E-state index contributed by atoms with van der Waals surface area (Å²) in [5.74, 6) is 0. The minimum absolute atomic E-state index is 0. The third-order valence-electron chi connectivity index (χ3n) is 2.49. The molecule has 0 saturated carbocycles. The molecule has 1 atom stereocenters. The van der Waals surface area contributed by atoms with Gasteiger partial charge in [0.2, 0.25) is 0 Å². The van der Waals surface area contributed by atoms with Crippen molar-refractivity contribution in [1.29, 1.82) is 0 Å². The Kier molecular flexibility index (Phi) is 5.67. The summed E-state index contributed by atoms with van der Waals surface area (Å²) < 4.78 is 23.4. The highest BCUT2D eigenvalue weighted by Gasteiger charge is 2.04. The van der Waals surface area contributed by atoms with Crippen LogP contribution in [0.3, 0.4) is 0 Å². The van der Waals surface area contributed by atoms with Crippen LogP contribution in [0.4, 0.5) is 0 Å². The van der Waals surface area contributed by atoms with Gasteiger partial charge in [0.15, 0.2) is 0 Å². The van der Waals surface area contributed by atoms with Crippen molar-refractivity contribution in [3.05, 3.63) is 34.4 Å². The number of benzene rings is 1. The Morgan fingerprint density at radius 2 is 1.87 bits per heavy atom. The normalized spacial score (nSPS) is 12.0. The average molecular weight is 231 g/mol. The van der Waals surface area contributed by atoms with Crippen LogP contribution in [0.1, 0.15) is 22.3 Å². The van der Waals surface area contributed by atoms with E-state index in [2.05, 4.69) is 4.18 Å². The molecule has 0 aromatic heterocycles. The van der Waals surface area contributed by atoms with Gasteiger partial charge in [0.25, 0.3) is 0 Å². The molecule has 5 heteroatoms. The van der Waals surface area contributed by atoms with Gasteiger partial charge in [0.1, 0.15) is 0 Å². The van der Waals surface area contributed by atoms with Crippen LogP contribution >= 0.6 is 0 Å². The van der Waals surface area contributed by atoms with Crippen LogP contribution in [0.15, 0.2) is 12.1 Å². The number of aryl methyl sites for hydroxylation is 1. The molecule has 1 aromatic carbocycles. The molecule has 0 amide bonds. The van der Waals surface area contributed by atoms with Crippen LogP contribution < -0.4 is 6.15 Å². The molecule has 0 heterocycles. The van der Waals surface area contributed by atoms with E-state index >= 15 is 0 Å². The monoisotopic (exact) mass is 231 g/mol. The summed E-state index contributed by atoms with van der Waals surface area (Å²) in [7, 11) is 0. The van der Waals surface area contributed by atoms with Crippen molar-refractivity contribution in [3.8, 4) is 0 Å². The van der Waals surface area contributed by atoms with Crippen LogP contribution in [0.2, 0.25) is 0 Å². The van der Waals surface area contributed by atoms with Crippen LogP contribution in [-0.2, 0) is 22.2 Å². The van der Waals surface area contributed by atoms with Gasteiger partial charge in [0, 0.05) is 0 Å². The molecule has 1 aromatic rings. The number of hydrogen-bond acceptors (Lipinski definition) is 3. The first-order chi connectivity index (χ1) is 6.52. The molecule has 86 valence electrons. The van der Waals surface area contributed by atoms with Gasteiger partial charge < -0.3 is 6.15 Å². The lowest BCUT2D eigenvalue weighted by atomic mass is 9.99. The van der Waals surface area contributed by atoms with Crippen molar-refractivity contribution in [3.63, 3.8) is 0 Å². The fraction of sp³-hybridized carbons (Fsp3) is 0.400. The summed E-state index contributed by atoms with van der Waals surface area (Å²) >= 11 is -2.19. The van der Waals surface area contributed by atoms with Gasteiger partial charge in [0.05, 0.1) is 6.61 Å². The van der Waals surface area contributed by atoms with E-state index in [4.69, 9.17) is 4.55 Å². The molecule has 0 spiro atoms. The maximum atomic E-state index is 10.3. The minimum atomic E-state index is -2.19. The van der Waals surface area contributed by atoms with E-state index in [1.54, 1.807) is 0 Å². The SMILES string of the molecule is Cc1ccc(COS(=O)O)c(C)c1C.N. The van der Waals surface area contributed by atoms with Crippen molar-refractivity contribution < 1.29 is 12.9 Å². The predicted octanol–water partition coefficient (Wildman–Crippen LogP) is 2.43. The molecule has 1 rings (SSSR count). The van der Waals surface area contributed by atoms with Crippen LogP contribution in [0.5, 0.6) is 0 Å². The van der Waals surface area contributed by atoms with E-state index in [1.165, 1.54) is 11.1 Å². The first-order valence-corrected chi connectivity index (χ1v) is 5.35. The standard InChI is InChI=1S/C10H14O3S.H3N/c1-7-4-5-10(6-13-14(11)12)9(3)8(7)2;/h4-5H,6H2,1-3H3,(H,11,12);1H3. The summed E-state index contributed by atoms with van der Waals surface area (Å²) in [6.07, 6.45) is 0. The van der Waals surface area contributed by atoms with Gasteiger partial charge >= 0.3 is 11.4 Å². The zero-order chi connectivity index (χ0) is 10.7. The summed E-state index contributed by atoms with van der Waals surface area (Å²) in [6, 6.07) is 3.91. The minimum Gasteiger partial charge on any atom is -0.344 e. The third kappa shape index (κ3) is 3.71. The van der Waals surface area contributed by atoms with E-state index in [-0.39, 0.29) is 12.8 Å². The lowest BCUT2D eigenvalue weighted by Crippen LogP contribution is -2.00.